The highest BCUT2D eigenvalue weighted by atomic mass is 32.1. The molecule has 0 fully saturated rings. The van der Waals surface area contributed by atoms with Gasteiger partial charge in [-0.25, -0.2) is 4.79 Å². The molecule has 0 bridgehead atoms. The minimum absolute atomic E-state index is 0.126. The molecule has 6 heteroatoms. The summed E-state index contributed by atoms with van der Waals surface area (Å²) in [5, 5.41) is 4.62. The van der Waals surface area contributed by atoms with Crippen LogP contribution in [0.2, 0.25) is 0 Å². The minimum atomic E-state index is -0.433. The lowest BCUT2D eigenvalue weighted by Crippen LogP contribution is -2.15. The zero-order chi connectivity index (χ0) is 15.2. The van der Waals surface area contributed by atoms with Gasteiger partial charge in [0.1, 0.15) is 4.88 Å². The first kappa shape index (κ1) is 15.2. The molecule has 0 unspecified atom stereocenters. The summed E-state index contributed by atoms with van der Waals surface area (Å²) in [7, 11) is 1.33. The monoisotopic (exact) mass is 304 g/mol. The number of anilines is 1. The number of rotatable bonds is 5. The summed E-state index contributed by atoms with van der Waals surface area (Å²) in [6.07, 6.45) is 4.38. The van der Waals surface area contributed by atoms with E-state index in [2.05, 4.69) is 10.3 Å². The molecule has 0 spiro atoms. The van der Waals surface area contributed by atoms with E-state index < -0.39 is 5.97 Å². The third kappa shape index (κ3) is 3.88. The lowest BCUT2D eigenvalue weighted by Gasteiger charge is -2.07. The van der Waals surface area contributed by atoms with E-state index >= 15 is 0 Å². The van der Waals surface area contributed by atoms with E-state index in [4.69, 9.17) is 4.74 Å². The van der Waals surface area contributed by atoms with Crippen LogP contribution in [-0.2, 0) is 16.0 Å². The molecule has 21 heavy (non-hydrogen) atoms. The Morgan fingerprint density at radius 3 is 2.71 bits per heavy atom. The van der Waals surface area contributed by atoms with Gasteiger partial charge in [-0.2, -0.15) is 0 Å². The van der Waals surface area contributed by atoms with E-state index in [1.165, 1.54) is 18.4 Å². The molecule has 2 aromatic rings. The highest BCUT2D eigenvalue weighted by Gasteiger charge is 2.18. The Hall–Kier alpha value is -2.21. The Bertz CT molecular complexity index is 638. The molecule has 1 N–H and O–H groups in total. The highest BCUT2D eigenvalue weighted by Crippen LogP contribution is 2.28. The highest BCUT2D eigenvalue weighted by molar-refractivity contribution is 7.12. The molecule has 0 radical (unpaired) electrons. The molecule has 0 aromatic carbocycles. The molecule has 0 aliphatic heterocycles. The van der Waals surface area contributed by atoms with Crippen molar-refractivity contribution in [2.75, 3.05) is 12.4 Å². The predicted molar refractivity (Wildman–Crippen MR) is 81.6 cm³/mol. The van der Waals surface area contributed by atoms with Crippen molar-refractivity contribution < 1.29 is 14.3 Å². The lowest BCUT2D eigenvalue weighted by atomic mass is 10.1. The number of hydrogen-bond acceptors (Lipinski definition) is 5. The fraction of sp³-hybridized carbons (Fsp3) is 0.267. The summed E-state index contributed by atoms with van der Waals surface area (Å²) in [4.78, 5) is 28.0. The number of aryl methyl sites for hydroxylation is 2. The maximum absolute atomic E-state index is 12.0. The Morgan fingerprint density at radius 2 is 2.05 bits per heavy atom. The third-order valence-corrected chi connectivity index (χ3v) is 4.08. The Morgan fingerprint density at radius 1 is 1.33 bits per heavy atom. The number of carbonyl (C=O) groups excluding carboxylic acids is 2. The van der Waals surface area contributed by atoms with Crippen LogP contribution in [0.5, 0.6) is 0 Å². The first-order valence-corrected chi connectivity index (χ1v) is 7.35. The molecule has 0 saturated carbocycles. The van der Waals surface area contributed by atoms with Gasteiger partial charge < -0.3 is 10.1 Å². The second kappa shape index (κ2) is 6.99. The van der Waals surface area contributed by atoms with Crippen molar-refractivity contribution in [3.8, 4) is 0 Å². The molecule has 2 rings (SSSR count). The molecule has 0 aliphatic rings. The molecule has 2 heterocycles. The minimum Gasteiger partial charge on any atom is -0.465 e. The van der Waals surface area contributed by atoms with Crippen molar-refractivity contribution in [2.45, 2.75) is 19.8 Å². The molecule has 110 valence electrons. The number of pyridine rings is 1. The summed E-state index contributed by atoms with van der Waals surface area (Å²) < 4.78 is 4.71. The maximum Gasteiger partial charge on any atom is 0.350 e. The number of hydrogen-bond donors (Lipinski definition) is 1. The lowest BCUT2D eigenvalue weighted by molar-refractivity contribution is -0.116. The number of carbonyl (C=O) groups is 2. The van der Waals surface area contributed by atoms with Gasteiger partial charge in [0.05, 0.1) is 12.8 Å². The van der Waals surface area contributed by atoms with Gasteiger partial charge in [-0.1, -0.05) is 0 Å². The molecule has 2 aromatic heterocycles. The Balaban J connectivity index is 2.00. The van der Waals surface area contributed by atoms with E-state index in [9.17, 15) is 9.59 Å². The molecule has 0 atom stereocenters. The average molecular weight is 304 g/mol. The quantitative estimate of drug-likeness (QED) is 0.862. The van der Waals surface area contributed by atoms with Gasteiger partial charge in [0.15, 0.2) is 0 Å². The van der Waals surface area contributed by atoms with Crippen molar-refractivity contribution >= 4 is 28.9 Å². The summed E-state index contributed by atoms with van der Waals surface area (Å²) in [5.41, 5.74) is 2.46. The van der Waals surface area contributed by atoms with Gasteiger partial charge in [0, 0.05) is 18.8 Å². The molecule has 0 saturated heterocycles. The van der Waals surface area contributed by atoms with E-state index in [1.54, 1.807) is 12.4 Å². The number of esters is 1. The number of amides is 1. The number of thiophene rings is 1. The number of nitrogens with one attached hydrogen (secondary N) is 1. The van der Waals surface area contributed by atoms with Crippen LogP contribution in [-0.4, -0.2) is 24.0 Å². The van der Waals surface area contributed by atoms with Gasteiger partial charge in [-0.15, -0.1) is 11.3 Å². The van der Waals surface area contributed by atoms with Crippen molar-refractivity contribution in [1.29, 1.82) is 0 Å². The van der Waals surface area contributed by atoms with Gasteiger partial charge in [0.2, 0.25) is 5.91 Å². The predicted octanol–water partition coefficient (Wildman–Crippen LogP) is 2.81. The summed E-state index contributed by atoms with van der Waals surface area (Å²) in [6.45, 7) is 1.85. The Kier molecular flexibility index (Phi) is 5.05. The number of methoxy groups -OCH3 is 1. The molecule has 1 amide bonds. The number of ether oxygens (including phenoxy) is 1. The van der Waals surface area contributed by atoms with Crippen LogP contribution in [0, 0.1) is 6.92 Å². The van der Waals surface area contributed by atoms with Crippen LogP contribution >= 0.6 is 11.3 Å². The van der Waals surface area contributed by atoms with Crippen LogP contribution in [0.25, 0.3) is 0 Å². The largest absolute Gasteiger partial charge is 0.465 e. The second-order valence-corrected chi connectivity index (χ2v) is 5.40. The smallest absolute Gasteiger partial charge is 0.350 e. The zero-order valence-electron chi connectivity index (χ0n) is 11.9. The van der Waals surface area contributed by atoms with Crippen molar-refractivity contribution in [3.05, 3.63) is 45.9 Å². The van der Waals surface area contributed by atoms with E-state index in [0.29, 0.717) is 23.4 Å². The standard InChI is InChI=1S/C15H16N2O3S/c1-10-9-21-14(15(19)20-2)13(10)17-12(18)4-3-11-5-7-16-8-6-11/h5-9H,3-4H2,1-2H3,(H,17,18). The van der Waals surface area contributed by atoms with Gasteiger partial charge in [-0.3, -0.25) is 9.78 Å². The zero-order valence-corrected chi connectivity index (χ0v) is 12.7. The van der Waals surface area contributed by atoms with E-state index in [1.807, 2.05) is 24.4 Å². The van der Waals surface area contributed by atoms with Crippen LogP contribution in [0.1, 0.15) is 27.2 Å². The first-order chi connectivity index (χ1) is 10.1. The second-order valence-electron chi connectivity index (χ2n) is 4.52. The van der Waals surface area contributed by atoms with Gasteiger partial charge in [-0.05, 0) is 42.0 Å². The van der Waals surface area contributed by atoms with Crippen molar-refractivity contribution in [3.63, 3.8) is 0 Å². The SMILES string of the molecule is COC(=O)c1scc(C)c1NC(=O)CCc1ccncc1. The van der Waals surface area contributed by atoms with Crippen molar-refractivity contribution in [1.82, 2.24) is 4.98 Å². The topological polar surface area (TPSA) is 68.3 Å². The fourth-order valence-corrected chi connectivity index (χ4v) is 2.77. The van der Waals surface area contributed by atoms with Gasteiger partial charge in [0.25, 0.3) is 0 Å². The molecule has 0 aliphatic carbocycles. The molecular weight excluding hydrogens is 288 g/mol. The summed E-state index contributed by atoms with van der Waals surface area (Å²) in [6, 6.07) is 3.76. The van der Waals surface area contributed by atoms with Crippen molar-refractivity contribution in [2.24, 2.45) is 0 Å². The van der Waals surface area contributed by atoms with Crippen LogP contribution in [0.4, 0.5) is 5.69 Å². The van der Waals surface area contributed by atoms with Gasteiger partial charge >= 0.3 is 5.97 Å². The van der Waals surface area contributed by atoms with Crippen LogP contribution < -0.4 is 5.32 Å². The van der Waals surface area contributed by atoms with Crippen LogP contribution in [0.15, 0.2) is 29.9 Å². The third-order valence-electron chi connectivity index (χ3n) is 3.00. The summed E-state index contributed by atoms with van der Waals surface area (Å²) in [5.74, 6) is -0.559. The normalized spacial score (nSPS) is 10.2. The average Bonchev–Trinajstić information content (AvgIpc) is 2.86. The molecular formula is C15H16N2O3S. The van der Waals surface area contributed by atoms with Crippen LogP contribution in [0.3, 0.4) is 0 Å². The number of nitrogens with zero attached hydrogens (tertiary/aromatic N) is 1. The summed E-state index contributed by atoms with van der Waals surface area (Å²) >= 11 is 1.27. The Labute approximate surface area is 127 Å². The fourth-order valence-electron chi connectivity index (χ4n) is 1.85. The number of aromatic nitrogens is 1. The van der Waals surface area contributed by atoms with E-state index in [-0.39, 0.29) is 5.91 Å². The first-order valence-electron chi connectivity index (χ1n) is 6.47. The maximum atomic E-state index is 12.0. The molecule has 5 nitrogen and oxygen atoms in total. The van der Waals surface area contributed by atoms with E-state index in [0.717, 1.165) is 11.1 Å².